The van der Waals surface area contributed by atoms with Crippen LogP contribution in [-0.4, -0.2) is 42.5 Å². The van der Waals surface area contributed by atoms with Crippen LogP contribution in [0, 0.1) is 5.92 Å². The van der Waals surface area contributed by atoms with E-state index in [9.17, 15) is 18.0 Å². The summed E-state index contributed by atoms with van der Waals surface area (Å²) in [6, 6.07) is -0.804. The highest BCUT2D eigenvalue weighted by molar-refractivity contribution is 9.13. The van der Waals surface area contributed by atoms with Crippen molar-refractivity contribution in [2.75, 3.05) is 0 Å². The average molecular weight is 604 g/mol. The zero-order valence-electron chi connectivity index (χ0n) is 15.9. The van der Waals surface area contributed by atoms with Crippen LogP contribution in [0.1, 0.15) is 26.0 Å². The molecular weight excluding hydrogens is 584 g/mol. The van der Waals surface area contributed by atoms with Gasteiger partial charge in [0, 0.05) is 16.3 Å². The van der Waals surface area contributed by atoms with Gasteiger partial charge in [0.15, 0.2) is 0 Å². The Labute approximate surface area is 198 Å². The lowest BCUT2D eigenvalue weighted by Gasteiger charge is -2.25. The number of nitrogens with one attached hydrogen (secondary N) is 3. The molecule has 0 aromatic carbocycles. The van der Waals surface area contributed by atoms with Gasteiger partial charge in [-0.05, 0) is 43.8 Å². The molecule has 2 amide bonds. The van der Waals surface area contributed by atoms with Crippen LogP contribution in [0.25, 0.3) is 0 Å². The second-order valence-corrected chi connectivity index (χ2v) is 12.3. The Balaban J connectivity index is 2.24. The quantitative estimate of drug-likeness (QED) is 0.243. The highest BCUT2D eigenvalue weighted by Crippen LogP contribution is 2.35. The zero-order valence-corrected chi connectivity index (χ0v) is 21.5. The number of hydrogen-bond acceptors (Lipinski definition) is 8. The molecule has 0 bridgehead atoms. The topological polar surface area (TPSA) is 137 Å². The van der Waals surface area contributed by atoms with E-state index in [1.165, 1.54) is 22.9 Å². The molecule has 0 fully saturated rings. The lowest BCUT2D eigenvalue weighted by atomic mass is 9.99. The molecule has 0 radical (unpaired) electrons. The van der Waals surface area contributed by atoms with E-state index in [1.54, 1.807) is 17.8 Å². The first-order valence-corrected chi connectivity index (χ1v) is 13.5. The molecule has 2 heterocycles. The first-order chi connectivity index (χ1) is 14.1. The Morgan fingerprint density at radius 1 is 1.30 bits per heavy atom. The number of halogens is 2. The normalized spacial score (nSPS) is 14.7. The first-order valence-electron chi connectivity index (χ1n) is 8.67. The molecule has 0 aliphatic carbocycles. The number of rotatable bonds is 10. The van der Waals surface area contributed by atoms with Gasteiger partial charge in [-0.15, -0.1) is 22.7 Å². The van der Waals surface area contributed by atoms with Gasteiger partial charge in [0.2, 0.25) is 5.91 Å². The van der Waals surface area contributed by atoms with Crippen molar-refractivity contribution in [2.45, 2.75) is 43.0 Å². The van der Waals surface area contributed by atoms with Crippen LogP contribution in [0.4, 0.5) is 0 Å². The van der Waals surface area contributed by atoms with E-state index in [2.05, 4.69) is 46.9 Å². The summed E-state index contributed by atoms with van der Waals surface area (Å²) in [6.07, 6.45) is 0.563. The van der Waals surface area contributed by atoms with Crippen LogP contribution in [0.15, 0.2) is 29.4 Å². The number of thiophene rings is 1. The van der Waals surface area contributed by atoms with Gasteiger partial charge >= 0.3 is 0 Å². The van der Waals surface area contributed by atoms with Gasteiger partial charge in [-0.25, -0.2) is 18.9 Å². The summed E-state index contributed by atoms with van der Waals surface area (Å²) in [6.45, 7) is 3.55. The number of hydroxylamine groups is 1. The number of thiazole rings is 1. The largest absolute Gasteiger partial charge is 0.342 e. The summed E-state index contributed by atoms with van der Waals surface area (Å²) in [5.74, 6) is -1.86. The number of amides is 2. The number of hydrogen-bond donors (Lipinski definition) is 4. The van der Waals surface area contributed by atoms with Crippen molar-refractivity contribution in [3.8, 4) is 0 Å². The number of sulfonamides is 1. The third-order valence-electron chi connectivity index (χ3n) is 4.30. The van der Waals surface area contributed by atoms with Crippen LogP contribution in [0.5, 0.6) is 0 Å². The molecule has 166 valence electrons. The fourth-order valence-corrected chi connectivity index (χ4v) is 7.16. The standard InChI is InChI=1S/C16H20Br2N4O5S3/c1-3-8(2)13(22-30(26,27)12-5-10(17)14(18)29-12)16(24)20-11(15(23)21-25)4-9-6-28-7-19-9/h5-8,11,13,22,25H,3-4H2,1-2H3,(H,20,24)(H,21,23)/t8-,11-,13-/m0/s1. The minimum Gasteiger partial charge on any atom is -0.342 e. The molecule has 2 rings (SSSR count). The van der Waals surface area contributed by atoms with Crippen molar-refractivity contribution in [2.24, 2.45) is 5.92 Å². The summed E-state index contributed by atoms with van der Waals surface area (Å²) < 4.78 is 29.3. The van der Waals surface area contributed by atoms with E-state index in [1.807, 2.05) is 6.92 Å². The monoisotopic (exact) mass is 602 g/mol. The second-order valence-electron chi connectivity index (χ2n) is 6.39. The van der Waals surface area contributed by atoms with Crippen LogP contribution >= 0.6 is 54.5 Å². The number of aromatic nitrogens is 1. The summed E-state index contributed by atoms with van der Waals surface area (Å²) in [5.41, 5.74) is 3.66. The van der Waals surface area contributed by atoms with Crippen molar-refractivity contribution in [1.82, 2.24) is 20.5 Å². The van der Waals surface area contributed by atoms with E-state index in [0.29, 0.717) is 20.4 Å². The summed E-state index contributed by atoms with van der Waals surface area (Å²) in [4.78, 5) is 29.1. The summed E-state index contributed by atoms with van der Waals surface area (Å²) >= 11 is 8.84. The molecule has 30 heavy (non-hydrogen) atoms. The zero-order chi connectivity index (χ0) is 22.5. The molecule has 0 spiro atoms. The minimum absolute atomic E-state index is 0.0366. The van der Waals surface area contributed by atoms with Crippen LogP contribution < -0.4 is 15.5 Å². The average Bonchev–Trinajstić information content (AvgIpc) is 3.34. The lowest BCUT2D eigenvalue weighted by molar-refractivity contribution is -0.135. The molecule has 0 aliphatic heterocycles. The Morgan fingerprint density at radius 3 is 2.50 bits per heavy atom. The molecular formula is C16H20Br2N4O5S3. The Kier molecular flexibility index (Phi) is 9.39. The smallest absolute Gasteiger partial charge is 0.266 e. The van der Waals surface area contributed by atoms with Gasteiger partial charge in [0.25, 0.3) is 15.9 Å². The highest BCUT2D eigenvalue weighted by Gasteiger charge is 2.33. The van der Waals surface area contributed by atoms with E-state index in [4.69, 9.17) is 5.21 Å². The molecule has 9 nitrogen and oxygen atoms in total. The molecule has 2 aromatic rings. The molecule has 4 N–H and O–H groups in total. The number of nitrogens with zero attached hydrogens (tertiary/aromatic N) is 1. The van der Waals surface area contributed by atoms with Crippen LogP contribution in [0.2, 0.25) is 0 Å². The highest BCUT2D eigenvalue weighted by atomic mass is 79.9. The lowest BCUT2D eigenvalue weighted by Crippen LogP contribution is -2.55. The van der Waals surface area contributed by atoms with Gasteiger partial charge in [-0.3, -0.25) is 14.8 Å². The van der Waals surface area contributed by atoms with Gasteiger partial charge in [-0.1, -0.05) is 20.3 Å². The van der Waals surface area contributed by atoms with E-state index >= 15 is 0 Å². The van der Waals surface area contributed by atoms with Crippen LogP contribution in [-0.2, 0) is 26.0 Å². The van der Waals surface area contributed by atoms with Crippen molar-refractivity contribution < 1.29 is 23.2 Å². The van der Waals surface area contributed by atoms with Gasteiger partial charge in [0.1, 0.15) is 16.3 Å². The molecule has 3 atom stereocenters. The van der Waals surface area contributed by atoms with Crippen molar-refractivity contribution in [3.05, 3.63) is 30.9 Å². The predicted octanol–water partition coefficient (Wildman–Crippen LogP) is 2.66. The molecule has 2 aromatic heterocycles. The molecule has 0 saturated carbocycles. The van der Waals surface area contributed by atoms with E-state index < -0.39 is 33.9 Å². The van der Waals surface area contributed by atoms with Gasteiger partial charge in [-0.2, -0.15) is 4.72 Å². The number of carbonyl (C=O) groups is 2. The first kappa shape index (κ1) is 25.4. The summed E-state index contributed by atoms with van der Waals surface area (Å²) in [5, 5.41) is 13.3. The van der Waals surface area contributed by atoms with Gasteiger partial charge in [0.05, 0.1) is 15.0 Å². The minimum atomic E-state index is -3.99. The summed E-state index contributed by atoms with van der Waals surface area (Å²) in [7, 11) is -3.99. The Morgan fingerprint density at radius 2 is 2.00 bits per heavy atom. The third kappa shape index (κ3) is 6.55. The fourth-order valence-electron chi connectivity index (χ4n) is 2.44. The van der Waals surface area contributed by atoms with E-state index in [0.717, 1.165) is 11.3 Å². The number of carbonyl (C=O) groups excluding carboxylic acids is 2. The maximum absolute atomic E-state index is 13.0. The van der Waals surface area contributed by atoms with Crippen molar-refractivity contribution in [1.29, 1.82) is 0 Å². The predicted molar refractivity (Wildman–Crippen MR) is 121 cm³/mol. The fraction of sp³-hybridized carbons (Fsp3) is 0.438. The molecule has 14 heteroatoms. The van der Waals surface area contributed by atoms with Crippen LogP contribution in [0.3, 0.4) is 0 Å². The molecule has 0 aliphatic rings. The third-order valence-corrected chi connectivity index (χ3v) is 10.1. The second kappa shape index (κ2) is 11.1. The molecule has 0 saturated heterocycles. The SMILES string of the molecule is CC[C@H](C)[C@H](NS(=O)(=O)c1cc(Br)c(Br)s1)C(=O)N[C@@H](Cc1cscn1)C(=O)NO. The maximum Gasteiger partial charge on any atom is 0.266 e. The maximum atomic E-state index is 13.0. The van der Waals surface area contributed by atoms with E-state index in [-0.39, 0.29) is 16.5 Å². The van der Waals surface area contributed by atoms with Gasteiger partial charge < -0.3 is 5.32 Å². The molecule has 0 unspecified atom stereocenters. The Bertz CT molecular complexity index is 962. The van der Waals surface area contributed by atoms with Crippen molar-refractivity contribution >= 4 is 76.4 Å². The Hall–Kier alpha value is -0.900. The van der Waals surface area contributed by atoms with Crippen molar-refractivity contribution in [3.63, 3.8) is 0 Å².